The van der Waals surface area contributed by atoms with E-state index in [2.05, 4.69) is 16.0 Å². The zero-order chi connectivity index (χ0) is 37.9. The van der Waals surface area contributed by atoms with Gasteiger partial charge in [0.2, 0.25) is 23.6 Å². The number of Topliss-reactive ketones (excluding diaryl/α,β-unsaturated/α-hetero) is 1. The van der Waals surface area contributed by atoms with Gasteiger partial charge in [0.05, 0.1) is 18.5 Å². The summed E-state index contributed by atoms with van der Waals surface area (Å²) in [4.78, 5) is 88.5. The molecule has 1 aromatic rings. The van der Waals surface area contributed by atoms with Crippen LogP contribution in [0.15, 0.2) is 54.1 Å². The highest BCUT2D eigenvalue weighted by Gasteiger charge is 2.32. The van der Waals surface area contributed by atoms with Crippen molar-refractivity contribution in [2.75, 3.05) is 6.54 Å². The number of carbonyl (C=O) groups excluding carboxylic acids is 5. The van der Waals surface area contributed by atoms with Crippen LogP contribution in [0.3, 0.4) is 0 Å². The molecule has 0 heterocycles. The van der Waals surface area contributed by atoms with Crippen LogP contribution in [0, 0.1) is 11.8 Å². The van der Waals surface area contributed by atoms with Crippen molar-refractivity contribution < 1.29 is 43.8 Å². The highest BCUT2D eigenvalue weighted by Crippen LogP contribution is 2.23. The van der Waals surface area contributed by atoms with E-state index < -0.39 is 78.0 Å². The lowest BCUT2D eigenvalue weighted by atomic mass is 9.86. The molecule has 0 bridgehead atoms. The quantitative estimate of drug-likeness (QED) is 0.0696. The van der Waals surface area contributed by atoms with Crippen molar-refractivity contribution in [3.63, 3.8) is 0 Å². The summed E-state index contributed by atoms with van der Waals surface area (Å²) >= 11 is 0. The van der Waals surface area contributed by atoms with E-state index in [0.717, 1.165) is 12.0 Å². The van der Waals surface area contributed by atoms with Gasteiger partial charge >= 0.3 is 11.9 Å². The van der Waals surface area contributed by atoms with Gasteiger partial charge in [-0.2, -0.15) is 0 Å². The predicted molar refractivity (Wildman–Crippen MR) is 188 cm³/mol. The van der Waals surface area contributed by atoms with Crippen molar-refractivity contribution in [1.82, 2.24) is 16.0 Å². The fourth-order valence-electron chi connectivity index (χ4n) is 5.75. The van der Waals surface area contributed by atoms with Crippen molar-refractivity contribution in [2.24, 2.45) is 29.0 Å². The number of primary amides is 1. The minimum Gasteiger partial charge on any atom is -0.481 e. The zero-order valence-corrected chi connectivity index (χ0v) is 29.1. The Morgan fingerprint density at radius 1 is 0.804 bits per heavy atom. The van der Waals surface area contributed by atoms with Gasteiger partial charge in [0.15, 0.2) is 5.78 Å². The number of allylic oxidation sites excluding steroid dienone is 3. The number of unbranched alkanes of at least 4 members (excludes halogenated alkanes) is 1. The number of benzene rings is 1. The van der Waals surface area contributed by atoms with Gasteiger partial charge < -0.3 is 43.4 Å². The number of carboxylic acids is 2. The van der Waals surface area contributed by atoms with Gasteiger partial charge in [-0.15, -0.1) is 0 Å². The van der Waals surface area contributed by atoms with Gasteiger partial charge in [0, 0.05) is 24.7 Å². The molecule has 4 amide bonds. The highest BCUT2D eigenvalue weighted by molar-refractivity contribution is 5.94. The number of ketones is 1. The molecule has 11 N–H and O–H groups in total. The summed E-state index contributed by atoms with van der Waals surface area (Å²) in [5, 5.41) is 26.6. The monoisotopic (exact) mass is 712 g/mol. The van der Waals surface area contributed by atoms with E-state index in [-0.39, 0.29) is 44.3 Å². The average Bonchev–Trinajstić information content (AvgIpc) is 3.08. The molecule has 1 aliphatic carbocycles. The number of hydrogen-bond acceptors (Lipinski definition) is 9. The normalized spacial score (nSPS) is 15.9. The second-order valence-corrected chi connectivity index (χ2v) is 12.9. The first-order valence-electron chi connectivity index (χ1n) is 17.2. The number of rotatable bonds is 24. The van der Waals surface area contributed by atoms with Crippen molar-refractivity contribution in [1.29, 1.82) is 0 Å². The van der Waals surface area contributed by atoms with E-state index in [1.807, 2.05) is 18.2 Å². The Balaban J connectivity index is 2.18. The Morgan fingerprint density at radius 2 is 1.47 bits per heavy atom. The van der Waals surface area contributed by atoms with E-state index in [9.17, 15) is 38.7 Å². The number of carboxylic acid groups (broad SMARTS) is 2. The Kier molecular flexibility index (Phi) is 18.3. The minimum atomic E-state index is -1.36. The molecule has 51 heavy (non-hydrogen) atoms. The van der Waals surface area contributed by atoms with Crippen LogP contribution < -0.4 is 33.2 Å². The minimum absolute atomic E-state index is 0.0164. The maximum absolute atomic E-state index is 13.7. The summed E-state index contributed by atoms with van der Waals surface area (Å²) in [6.45, 7) is 1.96. The maximum Gasteiger partial charge on any atom is 0.326 e. The van der Waals surface area contributed by atoms with Gasteiger partial charge in [0.1, 0.15) is 12.1 Å². The number of amides is 4. The molecule has 0 saturated carbocycles. The molecule has 15 heteroatoms. The van der Waals surface area contributed by atoms with Crippen LogP contribution in [0.2, 0.25) is 0 Å². The second-order valence-electron chi connectivity index (χ2n) is 12.9. The van der Waals surface area contributed by atoms with Crippen LogP contribution in [0.1, 0.15) is 76.7 Å². The Morgan fingerprint density at radius 3 is 2.06 bits per heavy atom. The number of hydrogen-bond donors (Lipinski definition) is 8. The molecule has 6 atom stereocenters. The van der Waals surface area contributed by atoms with Gasteiger partial charge in [-0.25, -0.2) is 4.79 Å². The largest absolute Gasteiger partial charge is 0.481 e. The third-order valence-electron chi connectivity index (χ3n) is 8.69. The summed E-state index contributed by atoms with van der Waals surface area (Å²) in [6.07, 6.45) is 7.59. The standard InChI is InChI=1S/C36H52N6O9/c1-22(32(46)28(18-23-10-4-2-5-11-23)41-34(48)26(38)21-31(44)45)15-16-25(20-30(39)43)33(47)40-27(14-8-9-17-37)35(49)42-29(36(50)51)19-24-12-6-3-7-13-24/h2-4,6-7,10,12-13,22,25-29H,5,8-9,11,14-21,37-38H2,1H3,(H2,39,43)(H,40,47)(H,41,48)(H,42,49)(H,44,45)(H,50,51)/t22?,25-,26-,27?,28?,29-/m0/s1. The first-order chi connectivity index (χ1) is 24.2. The molecular weight excluding hydrogens is 660 g/mol. The SMILES string of the molecule is CC(CC[C@@H](CC(N)=O)C(=O)NC(CCCCN)C(=O)N[C@@H](Cc1ccccc1)C(=O)O)C(=O)C(CC1=CC=CCC1)NC(=O)[C@@H](N)CC(=O)O. The molecule has 0 saturated heterocycles. The van der Waals surface area contributed by atoms with Crippen LogP contribution in [0.25, 0.3) is 0 Å². The second kappa shape index (κ2) is 22.0. The maximum atomic E-state index is 13.7. The molecule has 1 aromatic carbocycles. The number of nitrogens with two attached hydrogens (primary N) is 3. The Hall–Kier alpha value is -4.89. The van der Waals surface area contributed by atoms with Crippen molar-refractivity contribution >= 4 is 41.4 Å². The summed E-state index contributed by atoms with van der Waals surface area (Å²) in [5.74, 6) is -7.55. The van der Waals surface area contributed by atoms with Crippen molar-refractivity contribution in [3.8, 4) is 0 Å². The summed E-state index contributed by atoms with van der Waals surface area (Å²) in [7, 11) is 0. The molecule has 0 aliphatic heterocycles. The molecule has 3 unspecified atom stereocenters. The van der Waals surface area contributed by atoms with Gasteiger partial charge in [0.25, 0.3) is 0 Å². The lowest BCUT2D eigenvalue weighted by Gasteiger charge is -2.26. The van der Waals surface area contributed by atoms with Crippen LogP contribution in [-0.4, -0.2) is 82.3 Å². The van der Waals surface area contributed by atoms with Gasteiger partial charge in [-0.1, -0.05) is 61.1 Å². The molecule has 0 spiro atoms. The van der Waals surface area contributed by atoms with E-state index >= 15 is 0 Å². The zero-order valence-electron chi connectivity index (χ0n) is 29.1. The topological polar surface area (TPSA) is 274 Å². The van der Waals surface area contributed by atoms with Gasteiger partial charge in [-0.3, -0.25) is 28.8 Å². The van der Waals surface area contributed by atoms with Crippen LogP contribution in [0.4, 0.5) is 0 Å². The molecule has 0 fully saturated rings. The Labute approximate surface area is 297 Å². The third-order valence-corrected chi connectivity index (χ3v) is 8.69. The molecule has 280 valence electrons. The number of nitrogens with one attached hydrogen (secondary N) is 3. The average molecular weight is 713 g/mol. The lowest BCUT2D eigenvalue weighted by Crippen LogP contribution is -2.53. The van der Waals surface area contributed by atoms with E-state index in [1.54, 1.807) is 37.3 Å². The number of aliphatic carboxylic acids is 2. The molecule has 2 rings (SSSR count). The van der Waals surface area contributed by atoms with Crippen LogP contribution in [-0.2, 0) is 40.0 Å². The summed E-state index contributed by atoms with van der Waals surface area (Å²) in [6, 6.07) is 3.97. The predicted octanol–water partition coefficient (Wildman–Crippen LogP) is 0.843. The van der Waals surface area contributed by atoms with Gasteiger partial charge in [-0.05, 0) is 63.5 Å². The smallest absolute Gasteiger partial charge is 0.326 e. The lowest BCUT2D eigenvalue weighted by molar-refractivity contribution is -0.142. The highest BCUT2D eigenvalue weighted by atomic mass is 16.4. The van der Waals surface area contributed by atoms with Crippen LogP contribution >= 0.6 is 0 Å². The number of carbonyl (C=O) groups is 7. The fraction of sp³-hybridized carbons (Fsp3) is 0.528. The first-order valence-corrected chi connectivity index (χ1v) is 17.2. The van der Waals surface area contributed by atoms with E-state index in [1.165, 1.54) is 0 Å². The van der Waals surface area contributed by atoms with Crippen LogP contribution in [0.5, 0.6) is 0 Å². The molecule has 0 radical (unpaired) electrons. The molecular formula is C36H52N6O9. The first kappa shape index (κ1) is 42.3. The van der Waals surface area contributed by atoms with Crippen molar-refractivity contribution in [3.05, 3.63) is 59.7 Å². The molecule has 15 nitrogen and oxygen atoms in total. The molecule has 0 aromatic heterocycles. The summed E-state index contributed by atoms with van der Waals surface area (Å²) < 4.78 is 0. The summed E-state index contributed by atoms with van der Waals surface area (Å²) in [5.41, 5.74) is 18.4. The van der Waals surface area contributed by atoms with E-state index in [4.69, 9.17) is 22.3 Å². The Bertz CT molecular complexity index is 1430. The van der Waals surface area contributed by atoms with E-state index in [0.29, 0.717) is 31.4 Å². The molecule has 1 aliphatic rings. The fourth-order valence-corrected chi connectivity index (χ4v) is 5.75. The third kappa shape index (κ3) is 15.7. The van der Waals surface area contributed by atoms with Crippen molar-refractivity contribution in [2.45, 2.75) is 102 Å².